The molecular formula is C13H11BrF3NO3. The van der Waals surface area contributed by atoms with Crippen LogP contribution in [0.1, 0.15) is 23.6 Å². The average molecular weight is 366 g/mol. The van der Waals surface area contributed by atoms with Crippen molar-refractivity contribution in [3.05, 3.63) is 28.8 Å². The van der Waals surface area contributed by atoms with Gasteiger partial charge in [-0.05, 0) is 18.6 Å². The summed E-state index contributed by atoms with van der Waals surface area (Å²) in [4.78, 5) is 11.4. The molecule has 0 saturated heterocycles. The Morgan fingerprint density at radius 3 is 2.57 bits per heavy atom. The van der Waals surface area contributed by atoms with Crippen LogP contribution in [0.4, 0.5) is 13.2 Å². The fourth-order valence-corrected chi connectivity index (χ4v) is 2.07. The Bertz CT molecular complexity index is 567. The molecule has 114 valence electrons. The van der Waals surface area contributed by atoms with Crippen molar-refractivity contribution in [1.29, 1.82) is 5.26 Å². The van der Waals surface area contributed by atoms with Crippen molar-refractivity contribution in [3.8, 4) is 11.8 Å². The Morgan fingerprint density at radius 2 is 2.10 bits per heavy atom. The maximum atomic E-state index is 12.4. The Morgan fingerprint density at radius 1 is 1.43 bits per heavy atom. The normalized spacial score (nSPS) is 10.9. The van der Waals surface area contributed by atoms with E-state index >= 15 is 0 Å². The molecule has 1 aromatic carbocycles. The molecule has 0 amide bonds. The summed E-state index contributed by atoms with van der Waals surface area (Å²) in [6.45, 7) is 1.84. The van der Waals surface area contributed by atoms with Crippen LogP contribution in [0, 0.1) is 11.3 Å². The van der Waals surface area contributed by atoms with E-state index in [-0.39, 0.29) is 29.5 Å². The van der Waals surface area contributed by atoms with E-state index in [1.807, 2.05) is 0 Å². The number of carbonyl (C=O) groups excluding carboxylic acids is 1. The second-order valence-electron chi connectivity index (χ2n) is 3.91. The lowest BCUT2D eigenvalue weighted by molar-refractivity contribution is -0.275. The number of alkyl halides is 4. The molecule has 0 N–H and O–H groups in total. The molecule has 0 aliphatic rings. The lowest BCUT2D eigenvalue weighted by atomic mass is 10.0. The predicted molar refractivity (Wildman–Crippen MR) is 70.8 cm³/mol. The van der Waals surface area contributed by atoms with Gasteiger partial charge in [-0.3, -0.25) is 4.79 Å². The van der Waals surface area contributed by atoms with Crippen LogP contribution in [-0.2, 0) is 21.3 Å². The molecule has 0 spiro atoms. The van der Waals surface area contributed by atoms with Gasteiger partial charge in [0.25, 0.3) is 0 Å². The monoisotopic (exact) mass is 365 g/mol. The molecule has 0 aromatic heterocycles. The molecule has 0 atom stereocenters. The second-order valence-corrected chi connectivity index (χ2v) is 4.47. The van der Waals surface area contributed by atoms with Gasteiger partial charge in [-0.1, -0.05) is 22.0 Å². The summed E-state index contributed by atoms with van der Waals surface area (Å²) in [5.41, 5.74) is 0.225. The third-order valence-electron chi connectivity index (χ3n) is 2.36. The average Bonchev–Trinajstić information content (AvgIpc) is 2.38. The molecule has 0 unspecified atom stereocenters. The molecule has 0 radical (unpaired) electrons. The van der Waals surface area contributed by atoms with Crippen LogP contribution in [0.25, 0.3) is 0 Å². The van der Waals surface area contributed by atoms with Gasteiger partial charge in [-0.25, -0.2) is 0 Å². The number of rotatable bonds is 5. The van der Waals surface area contributed by atoms with E-state index in [0.29, 0.717) is 5.56 Å². The quantitative estimate of drug-likeness (QED) is 0.592. The van der Waals surface area contributed by atoms with Crippen molar-refractivity contribution in [2.24, 2.45) is 0 Å². The molecule has 8 heteroatoms. The van der Waals surface area contributed by atoms with Gasteiger partial charge in [0.2, 0.25) is 0 Å². The van der Waals surface area contributed by atoms with E-state index in [1.54, 1.807) is 13.0 Å². The number of benzene rings is 1. The van der Waals surface area contributed by atoms with E-state index in [4.69, 9.17) is 10.00 Å². The van der Waals surface area contributed by atoms with E-state index in [0.717, 1.165) is 0 Å². The number of ether oxygens (including phenoxy) is 2. The van der Waals surface area contributed by atoms with Gasteiger partial charge in [0.15, 0.2) is 5.75 Å². The fraction of sp³-hybridized carbons (Fsp3) is 0.385. The van der Waals surface area contributed by atoms with Gasteiger partial charge in [0, 0.05) is 10.9 Å². The largest absolute Gasteiger partial charge is 0.573 e. The topological polar surface area (TPSA) is 59.3 Å². The molecule has 0 heterocycles. The molecule has 0 saturated carbocycles. The van der Waals surface area contributed by atoms with Crippen LogP contribution >= 0.6 is 15.9 Å². The number of hydrogen-bond donors (Lipinski definition) is 0. The molecule has 1 aromatic rings. The minimum atomic E-state index is -4.90. The number of carbonyl (C=O) groups is 1. The Hall–Kier alpha value is -1.75. The molecule has 0 aliphatic heterocycles. The molecule has 21 heavy (non-hydrogen) atoms. The second kappa shape index (κ2) is 7.31. The Labute approximate surface area is 127 Å². The highest BCUT2D eigenvalue weighted by molar-refractivity contribution is 9.08. The van der Waals surface area contributed by atoms with Gasteiger partial charge in [-0.15, -0.1) is 13.2 Å². The zero-order valence-electron chi connectivity index (χ0n) is 11.0. The van der Waals surface area contributed by atoms with Gasteiger partial charge < -0.3 is 9.47 Å². The van der Waals surface area contributed by atoms with Gasteiger partial charge in [-0.2, -0.15) is 5.26 Å². The highest BCUT2D eigenvalue weighted by Crippen LogP contribution is 2.32. The van der Waals surface area contributed by atoms with Crippen LogP contribution in [0.3, 0.4) is 0 Å². The summed E-state index contributed by atoms with van der Waals surface area (Å²) in [6, 6.07) is 4.19. The summed E-state index contributed by atoms with van der Waals surface area (Å²) in [7, 11) is 0. The minimum absolute atomic E-state index is 0.0454. The number of hydrogen-bond acceptors (Lipinski definition) is 4. The lowest BCUT2D eigenvalue weighted by Gasteiger charge is -2.15. The smallest absolute Gasteiger partial charge is 0.466 e. The highest BCUT2D eigenvalue weighted by atomic mass is 79.9. The summed E-state index contributed by atoms with van der Waals surface area (Å²) in [5.74, 6) is -1.08. The first-order valence-electron chi connectivity index (χ1n) is 5.84. The maximum Gasteiger partial charge on any atom is 0.573 e. The fourth-order valence-electron chi connectivity index (χ4n) is 1.65. The Kier molecular flexibility index (Phi) is 6.03. The number of halogens is 4. The minimum Gasteiger partial charge on any atom is -0.466 e. The van der Waals surface area contributed by atoms with Crippen LogP contribution < -0.4 is 4.74 Å². The van der Waals surface area contributed by atoms with E-state index in [2.05, 4.69) is 20.7 Å². The first kappa shape index (κ1) is 17.3. The zero-order valence-corrected chi connectivity index (χ0v) is 12.5. The van der Waals surface area contributed by atoms with Crippen LogP contribution in [0.2, 0.25) is 0 Å². The summed E-state index contributed by atoms with van der Waals surface area (Å²) in [6.07, 6.45) is -5.03. The van der Waals surface area contributed by atoms with Crippen LogP contribution in [0.5, 0.6) is 5.75 Å². The van der Waals surface area contributed by atoms with Gasteiger partial charge in [0.05, 0.1) is 18.6 Å². The van der Waals surface area contributed by atoms with E-state index in [1.165, 1.54) is 12.1 Å². The first-order chi connectivity index (χ1) is 9.80. The van der Waals surface area contributed by atoms with Crippen molar-refractivity contribution in [2.45, 2.75) is 25.0 Å². The number of nitriles is 1. The van der Waals surface area contributed by atoms with Crippen LogP contribution in [-0.4, -0.2) is 18.9 Å². The Balaban J connectivity index is 3.18. The first-order valence-corrected chi connectivity index (χ1v) is 6.96. The van der Waals surface area contributed by atoms with Gasteiger partial charge in [0.1, 0.15) is 6.07 Å². The van der Waals surface area contributed by atoms with Crippen LogP contribution in [0.15, 0.2) is 12.1 Å². The molecular weight excluding hydrogens is 355 g/mol. The molecule has 0 fully saturated rings. The zero-order chi connectivity index (χ0) is 16.0. The summed E-state index contributed by atoms with van der Waals surface area (Å²) < 4.78 is 45.7. The molecule has 0 aliphatic carbocycles. The van der Waals surface area contributed by atoms with Crippen molar-refractivity contribution in [1.82, 2.24) is 0 Å². The maximum absolute atomic E-state index is 12.4. The summed E-state index contributed by atoms with van der Waals surface area (Å²) >= 11 is 3.04. The molecule has 0 bridgehead atoms. The molecule has 4 nitrogen and oxygen atoms in total. The summed E-state index contributed by atoms with van der Waals surface area (Å²) in [5, 5.41) is 9.01. The van der Waals surface area contributed by atoms with E-state index < -0.39 is 18.1 Å². The third-order valence-corrected chi connectivity index (χ3v) is 2.97. The van der Waals surface area contributed by atoms with Crippen molar-refractivity contribution in [3.63, 3.8) is 0 Å². The number of esters is 1. The van der Waals surface area contributed by atoms with Gasteiger partial charge >= 0.3 is 12.3 Å². The highest BCUT2D eigenvalue weighted by Gasteiger charge is 2.33. The van der Waals surface area contributed by atoms with E-state index in [9.17, 15) is 18.0 Å². The standard InChI is InChI=1S/C13H11BrF3NO3/c1-2-20-11(19)5-8-3-9(6-14)12(10(4-8)7-18)21-13(15,16)17/h3-4H,2,5-6H2,1H3. The predicted octanol–water partition coefficient (Wildman–Crippen LogP) is 3.46. The van der Waals surface area contributed by atoms with Crippen molar-refractivity contribution < 1.29 is 27.4 Å². The lowest BCUT2D eigenvalue weighted by Crippen LogP contribution is -2.19. The van der Waals surface area contributed by atoms with Crippen molar-refractivity contribution >= 4 is 21.9 Å². The molecule has 1 rings (SSSR count). The number of nitrogens with zero attached hydrogens (tertiary/aromatic N) is 1. The third kappa shape index (κ3) is 5.27. The SMILES string of the molecule is CCOC(=O)Cc1cc(C#N)c(OC(F)(F)F)c(CBr)c1. The van der Waals surface area contributed by atoms with Crippen molar-refractivity contribution in [2.75, 3.05) is 6.61 Å².